The summed E-state index contributed by atoms with van der Waals surface area (Å²) in [6.07, 6.45) is 0. The summed E-state index contributed by atoms with van der Waals surface area (Å²) >= 11 is 11.5. The van der Waals surface area contributed by atoms with E-state index in [0.717, 1.165) is 0 Å². The summed E-state index contributed by atoms with van der Waals surface area (Å²) < 4.78 is 16.4. The summed E-state index contributed by atoms with van der Waals surface area (Å²) in [6.45, 7) is 1.53. The van der Waals surface area contributed by atoms with Crippen molar-refractivity contribution in [2.45, 2.75) is 17.1 Å². The number of benzene rings is 1. The van der Waals surface area contributed by atoms with E-state index < -0.39 is 22.0 Å². The van der Waals surface area contributed by atoms with Gasteiger partial charge in [-0.1, -0.05) is 23.2 Å². The van der Waals surface area contributed by atoms with Gasteiger partial charge in [0.2, 0.25) is 0 Å². The first-order valence-corrected chi connectivity index (χ1v) is 6.37. The Kier molecular flexibility index (Phi) is 4.77. The average molecular weight is 281 g/mol. The first-order chi connectivity index (χ1) is 7.47. The van der Waals surface area contributed by atoms with Crippen LogP contribution in [0, 0.1) is 0 Å². The van der Waals surface area contributed by atoms with E-state index in [4.69, 9.17) is 23.2 Å². The van der Waals surface area contributed by atoms with Crippen LogP contribution in [0.2, 0.25) is 10.0 Å². The molecule has 0 fully saturated rings. The largest absolute Gasteiger partial charge is 0.468 e. The van der Waals surface area contributed by atoms with Crippen LogP contribution in [-0.4, -0.2) is 22.5 Å². The van der Waals surface area contributed by atoms with Gasteiger partial charge in [-0.15, -0.1) is 0 Å². The number of carbonyl (C=O) groups is 1. The summed E-state index contributed by atoms with van der Waals surface area (Å²) in [5, 5.41) is -0.0417. The highest BCUT2D eigenvalue weighted by atomic mass is 35.5. The SMILES string of the molecule is COC(=O)C(C)S(=O)c1ccc(Cl)c(Cl)c1. The Morgan fingerprint density at radius 2 is 2.00 bits per heavy atom. The van der Waals surface area contributed by atoms with Gasteiger partial charge >= 0.3 is 5.97 Å². The van der Waals surface area contributed by atoms with Crippen LogP contribution in [0.25, 0.3) is 0 Å². The lowest BCUT2D eigenvalue weighted by atomic mass is 10.4. The van der Waals surface area contributed by atoms with Crippen molar-refractivity contribution in [3.8, 4) is 0 Å². The van der Waals surface area contributed by atoms with E-state index in [1.165, 1.54) is 20.1 Å². The van der Waals surface area contributed by atoms with Gasteiger partial charge in [-0.3, -0.25) is 9.00 Å². The molecule has 0 bridgehead atoms. The molecule has 2 unspecified atom stereocenters. The fraction of sp³-hybridized carbons (Fsp3) is 0.300. The minimum atomic E-state index is -1.49. The molecule has 16 heavy (non-hydrogen) atoms. The van der Waals surface area contributed by atoms with Crippen molar-refractivity contribution in [3.63, 3.8) is 0 Å². The molecule has 0 saturated heterocycles. The molecule has 0 N–H and O–H groups in total. The van der Waals surface area contributed by atoms with Gasteiger partial charge in [0.05, 0.1) is 28.0 Å². The quantitative estimate of drug-likeness (QED) is 0.800. The van der Waals surface area contributed by atoms with Crippen LogP contribution in [0.3, 0.4) is 0 Å². The second-order valence-corrected chi connectivity index (χ2v) is 5.63. The highest BCUT2D eigenvalue weighted by Crippen LogP contribution is 2.25. The molecule has 0 spiro atoms. The number of halogens is 2. The number of methoxy groups -OCH3 is 1. The Balaban J connectivity index is 2.97. The lowest BCUT2D eigenvalue weighted by Crippen LogP contribution is -2.23. The third-order valence-electron chi connectivity index (χ3n) is 1.98. The molecule has 1 rings (SSSR count). The highest BCUT2D eigenvalue weighted by molar-refractivity contribution is 7.86. The maximum absolute atomic E-state index is 11.9. The van der Waals surface area contributed by atoms with Crippen LogP contribution in [0.15, 0.2) is 23.1 Å². The Bertz CT molecular complexity index is 434. The maximum Gasteiger partial charge on any atom is 0.321 e. The van der Waals surface area contributed by atoms with E-state index >= 15 is 0 Å². The van der Waals surface area contributed by atoms with Crippen LogP contribution < -0.4 is 0 Å². The Labute approximate surface area is 106 Å². The van der Waals surface area contributed by atoms with Gasteiger partial charge in [-0.05, 0) is 25.1 Å². The van der Waals surface area contributed by atoms with Crippen molar-refractivity contribution in [2.75, 3.05) is 7.11 Å². The number of hydrogen-bond donors (Lipinski definition) is 0. The van der Waals surface area contributed by atoms with E-state index in [-0.39, 0.29) is 0 Å². The van der Waals surface area contributed by atoms with Crippen molar-refractivity contribution in [1.29, 1.82) is 0 Å². The Morgan fingerprint density at radius 3 is 2.50 bits per heavy atom. The van der Waals surface area contributed by atoms with E-state index in [1.807, 2.05) is 0 Å². The lowest BCUT2D eigenvalue weighted by molar-refractivity contribution is -0.139. The molecule has 0 amide bonds. The van der Waals surface area contributed by atoms with E-state index in [9.17, 15) is 9.00 Å². The van der Waals surface area contributed by atoms with Crippen LogP contribution in [-0.2, 0) is 20.3 Å². The smallest absolute Gasteiger partial charge is 0.321 e. The fourth-order valence-electron chi connectivity index (χ4n) is 1.06. The molecule has 3 nitrogen and oxygen atoms in total. The molecule has 0 aliphatic carbocycles. The number of ether oxygens (including phenoxy) is 1. The zero-order valence-corrected chi connectivity index (χ0v) is 11.0. The second-order valence-electron chi connectivity index (χ2n) is 3.04. The first kappa shape index (κ1) is 13.5. The van der Waals surface area contributed by atoms with Gasteiger partial charge in [0.25, 0.3) is 0 Å². The summed E-state index contributed by atoms with van der Waals surface area (Å²) in [7, 11) is -0.239. The summed E-state index contributed by atoms with van der Waals surface area (Å²) in [5.41, 5.74) is 0. The monoisotopic (exact) mass is 280 g/mol. The van der Waals surface area contributed by atoms with Crippen molar-refractivity contribution in [3.05, 3.63) is 28.2 Å². The topological polar surface area (TPSA) is 43.4 Å². The molecule has 0 saturated carbocycles. The van der Waals surface area contributed by atoms with Crippen molar-refractivity contribution >= 4 is 40.0 Å². The molecule has 88 valence electrons. The van der Waals surface area contributed by atoms with Gasteiger partial charge in [0, 0.05) is 4.90 Å². The molecular formula is C10H10Cl2O3S. The fourth-order valence-corrected chi connectivity index (χ4v) is 2.54. The molecule has 1 aromatic carbocycles. The molecular weight excluding hydrogens is 271 g/mol. The number of hydrogen-bond acceptors (Lipinski definition) is 3. The van der Waals surface area contributed by atoms with Gasteiger partial charge in [-0.2, -0.15) is 0 Å². The second kappa shape index (κ2) is 5.66. The van der Waals surface area contributed by atoms with Crippen LogP contribution in [0.4, 0.5) is 0 Å². The first-order valence-electron chi connectivity index (χ1n) is 4.41. The molecule has 0 aliphatic heterocycles. The minimum Gasteiger partial charge on any atom is -0.468 e. The van der Waals surface area contributed by atoms with E-state index in [2.05, 4.69) is 4.74 Å². The van der Waals surface area contributed by atoms with Crippen LogP contribution in [0.1, 0.15) is 6.92 Å². The van der Waals surface area contributed by atoms with Gasteiger partial charge in [-0.25, -0.2) is 0 Å². The molecule has 0 aliphatic rings. The summed E-state index contributed by atoms with van der Waals surface area (Å²) in [6, 6.07) is 4.60. The third kappa shape index (κ3) is 2.97. The average Bonchev–Trinajstić information content (AvgIpc) is 2.29. The summed E-state index contributed by atoms with van der Waals surface area (Å²) in [4.78, 5) is 11.7. The normalized spacial score (nSPS) is 14.2. The minimum absolute atomic E-state index is 0.310. The highest BCUT2D eigenvalue weighted by Gasteiger charge is 2.22. The molecule has 1 aromatic rings. The van der Waals surface area contributed by atoms with Crippen molar-refractivity contribution in [2.24, 2.45) is 0 Å². The molecule has 6 heteroatoms. The molecule has 0 radical (unpaired) electrons. The van der Waals surface area contributed by atoms with Crippen molar-refractivity contribution < 1.29 is 13.7 Å². The number of carbonyl (C=O) groups excluding carboxylic acids is 1. The lowest BCUT2D eigenvalue weighted by Gasteiger charge is -2.09. The van der Waals surface area contributed by atoms with Crippen LogP contribution >= 0.6 is 23.2 Å². The number of rotatable bonds is 3. The summed E-state index contributed by atoms with van der Waals surface area (Å²) in [5.74, 6) is -0.524. The Hall–Kier alpha value is -0.580. The van der Waals surface area contributed by atoms with Gasteiger partial charge in [0.15, 0.2) is 0 Å². The predicted molar refractivity (Wildman–Crippen MR) is 64.3 cm³/mol. The zero-order valence-electron chi connectivity index (χ0n) is 8.70. The predicted octanol–water partition coefficient (Wildman–Crippen LogP) is 2.66. The van der Waals surface area contributed by atoms with Crippen molar-refractivity contribution in [1.82, 2.24) is 0 Å². The maximum atomic E-state index is 11.9. The van der Waals surface area contributed by atoms with Gasteiger partial charge < -0.3 is 4.74 Å². The van der Waals surface area contributed by atoms with Gasteiger partial charge in [0.1, 0.15) is 5.25 Å². The Morgan fingerprint density at radius 1 is 1.38 bits per heavy atom. The third-order valence-corrected chi connectivity index (χ3v) is 4.27. The standard InChI is InChI=1S/C10H10Cl2O3S/c1-6(10(13)15-2)16(14)7-3-4-8(11)9(12)5-7/h3-6H,1-2H3. The molecule has 0 aromatic heterocycles. The molecule has 0 heterocycles. The van der Waals surface area contributed by atoms with E-state index in [0.29, 0.717) is 14.9 Å². The zero-order chi connectivity index (χ0) is 12.3. The van der Waals surface area contributed by atoms with E-state index in [1.54, 1.807) is 12.1 Å². The number of esters is 1. The molecule has 2 atom stereocenters. The van der Waals surface area contributed by atoms with Crippen LogP contribution in [0.5, 0.6) is 0 Å².